The number of carbonyl (C=O) groups excluding carboxylic acids is 1. The van der Waals surface area contributed by atoms with E-state index in [4.69, 9.17) is 4.74 Å². The number of nitrogens with one attached hydrogen (secondary N) is 3. The molecule has 1 fully saturated rings. The molecule has 0 spiro atoms. The van der Waals surface area contributed by atoms with Crippen LogP contribution in [0.1, 0.15) is 26.7 Å². The SMILES string of the molecule is COCC1(C(=O)Nc2ccc(S(=O)(=O)NC(C)C)cc2)CCNCC1.Cl. The van der Waals surface area contributed by atoms with Crippen molar-refractivity contribution in [3.05, 3.63) is 24.3 Å². The molecule has 1 aromatic rings. The summed E-state index contributed by atoms with van der Waals surface area (Å²) >= 11 is 0. The molecular weight excluding hydrogens is 378 g/mol. The number of amides is 1. The van der Waals surface area contributed by atoms with E-state index in [0.29, 0.717) is 25.1 Å². The lowest BCUT2D eigenvalue weighted by Crippen LogP contribution is -2.47. The van der Waals surface area contributed by atoms with E-state index in [2.05, 4.69) is 15.4 Å². The molecule has 1 aliphatic heterocycles. The molecule has 0 saturated carbocycles. The van der Waals surface area contributed by atoms with Crippen molar-refractivity contribution >= 4 is 34.0 Å². The number of hydrogen-bond acceptors (Lipinski definition) is 5. The van der Waals surface area contributed by atoms with Gasteiger partial charge in [-0.05, 0) is 64.0 Å². The second kappa shape index (κ2) is 9.66. The van der Waals surface area contributed by atoms with Gasteiger partial charge in [-0.2, -0.15) is 0 Å². The third-order valence-electron chi connectivity index (χ3n) is 4.28. The van der Waals surface area contributed by atoms with E-state index in [1.807, 2.05) is 0 Å². The summed E-state index contributed by atoms with van der Waals surface area (Å²) in [5.74, 6) is -0.0910. The average molecular weight is 406 g/mol. The summed E-state index contributed by atoms with van der Waals surface area (Å²) in [6, 6.07) is 6.01. The van der Waals surface area contributed by atoms with E-state index in [1.54, 1.807) is 33.1 Å². The van der Waals surface area contributed by atoms with Crippen molar-refractivity contribution in [2.24, 2.45) is 5.41 Å². The first kappa shape index (κ1) is 22.9. The monoisotopic (exact) mass is 405 g/mol. The van der Waals surface area contributed by atoms with E-state index in [9.17, 15) is 13.2 Å². The van der Waals surface area contributed by atoms with E-state index in [-0.39, 0.29) is 29.3 Å². The van der Waals surface area contributed by atoms with E-state index in [0.717, 1.165) is 13.1 Å². The Labute approximate surface area is 161 Å². The smallest absolute Gasteiger partial charge is 0.240 e. The third-order valence-corrected chi connectivity index (χ3v) is 5.95. The summed E-state index contributed by atoms with van der Waals surface area (Å²) in [4.78, 5) is 12.9. The van der Waals surface area contributed by atoms with Gasteiger partial charge in [0.05, 0.1) is 16.9 Å². The minimum absolute atomic E-state index is 0. The molecule has 3 N–H and O–H groups in total. The zero-order chi connectivity index (χ0) is 18.5. The van der Waals surface area contributed by atoms with Gasteiger partial charge in [0.15, 0.2) is 0 Å². The molecular formula is C17H28ClN3O4S. The van der Waals surface area contributed by atoms with Gasteiger partial charge in [-0.25, -0.2) is 13.1 Å². The number of methoxy groups -OCH3 is 1. The fourth-order valence-corrected chi connectivity index (χ4v) is 4.23. The Kier molecular flexibility index (Phi) is 8.49. The predicted molar refractivity (Wildman–Crippen MR) is 104 cm³/mol. The van der Waals surface area contributed by atoms with Crippen molar-refractivity contribution in [2.45, 2.75) is 37.6 Å². The van der Waals surface area contributed by atoms with Crippen LogP contribution in [0.25, 0.3) is 0 Å². The van der Waals surface area contributed by atoms with Crippen LogP contribution in [-0.2, 0) is 19.6 Å². The maximum Gasteiger partial charge on any atom is 0.240 e. The van der Waals surface area contributed by atoms with Crippen molar-refractivity contribution in [3.8, 4) is 0 Å². The minimum atomic E-state index is -3.54. The number of carbonyl (C=O) groups is 1. The highest BCUT2D eigenvalue weighted by Crippen LogP contribution is 2.31. The Morgan fingerprint density at radius 1 is 1.23 bits per heavy atom. The molecule has 0 unspecified atom stereocenters. The van der Waals surface area contributed by atoms with E-state index in [1.165, 1.54) is 12.1 Å². The maximum atomic E-state index is 12.8. The molecule has 0 atom stereocenters. The van der Waals surface area contributed by atoms with E-state index < -0.39 is 15.4 Å². The lowest BCUT2D eigenvalue weighted by Gasteiger charge is -2.35. The highest BCUT2D eigenvalue weighted by Gasteiger charge is 2.39. The first-order valence-electron chi connectivity index (χ1n) is 8.43. The van der Waals surface area contributed by atoms with Crippen LogP contribution in [0.4, 0.5) is 5.69 Å². The van der Waals surface area contributed by atoms with Gasteiger partial charge in [-0.1, -0.05) is 0 Å². The fourth-order valence-electron chi connectivity index (χ4n) is 2.98. The van der Waals surface area contributed by atoms with E-state index >= 15 is 0 Å². The van der Waals surface area contributed by atoms with Crippen molar-refractivity contribution < 1.29 is 17.9 Å². The number of piperidine rings is 1. The Morgan fingerprint density at radius 2 is 1.81 bits per heavy atom. The van der Waals surface area contributed by atoms with Crippen LogP contribution in [0.5, 0.6) is 0 Å². The molecule has 0 radical (unpaired) electrons. The molecule has 26 heavy (non-hydrogen) atoms. The van der Waals surface area contributed by atoms with Gasteiger partial charge in [0.1, 0.15) is 0 Å². The zero-order valence-electron chi connectivity index (χ0n) is 15.4. The van der Waals surface area contributed by atoms with Gasteiger partial charge >= 0.3 is 0 Å². The Morgan fingerprint density at radius 3 is 2.31 bits per heavy atom. The number of rotatable bonds is 7. The summed E-state index contributed by atoms with van der Waals surface area (Å²) in [6.07, 6.45) is 1.41. The zero-order valence-corrected chi connectivity index (χ0v) is 17.0. The Bertz CT molecular complexity index is 681. The lowest BCUT2D eigenvalue weighted by molar-refractivity contribution is -0.130. The van der Waals surface area contributed by atoms with Crippen molar-refractivity contribution in [2.75, 3.05) is 32.1 Å². The van der Waals surface area contributed by atoms with Crippen LogP contribution in [0.2, 0.25) is 0 Å². The summed E-state index contributed by atoms with van der Waals surface area (Å²) in [7, 11) is -1.94. The number of ether oxygens (including phenoxy) is 1. The normalized spacial score (nSPS) is 16.8. The van der Waals surface area contributed by atoms with Gasteiger partial charge in [0, 0.05) is 18.8 Å². The number of sulfonamides is 1. The second-order valence-corrected chi connectivity index (χ2v) is 8.43. The van der Waals surface area contributed by atoms with Gasteiger partial charge in [-0.3, -0.25) is 4.79 Å². The molecule has 1 aliphatic rings. The highest BCUT2D eigenvalue weighted by atomic mass is 35.5. The molecule has 1 aromatic carbocycles. The number of hydrogen-bond donors (Lipinski definition) is 3. The summed E-state index contributed by atoms with van der Waals surface area (Å²) in [5, 5.41) is 6.14. The third kappa shape index (κ3) is 5.65. The highest BCUT2D eigenvalue weighted by molar-refractivity contribution is 7.89. The summed E-state index contributed by atoms with van der Waals surface area (Å²) in [6.45, 7) is 5.44. The molecule has 0 aliphatic carbocycles. The predicted octanol–water partition coefficient (Wildman–Crippen LogP) is 1.75. The van der Waals surface area contributed by atoms with Crippen molar-refractivity contribution in [1.82, 2.24) is 10.0 Å². The number of anilines is 1. The number of halogens is 1. The average Bonchev–Trinajstić information content (AvgIpc) is 2.55. The standard InChI is InChI=1S/C17H27N3O4S.ClH/c1-13(2)20-25(22,23)15-6-4-14(5-7-15)19-16(21)17(12-24-3)8-10-18-11-9-17;/h4-7,13,18,20H,8-12H2,1-3H3,(H,19,21);1H. The van der Waals surface area contributed by atoms with Gasteiger partial charge in [-0.15, -0.1) is 12.4 Å². The molecule has 9 heteroatoms. The summed E-state index contributed by atoms with van der Waals surface area (Å²) in [5.41, 5.74) is 0.0201. The molecule has 0 aromatic heterocycles. The van der Waals surface area contributed by atoms with Crippen LogP contribution < -0.4 is 15.4 Å². The quantitative estimate of drug-likeness (QED) is 0.642. The molecule has 2 rings (SSSR count). The van der Waals surface area contributed by atoms with Gasteiger partial charge in [0.25, 0.3) is 0 Å². The minimum Gasteiger partial charge on any atom is -0.384 e. The Balaban J connectivity index is 0.00000338. The second-order valence-electron chi connectivity index (χ2n) is 6.72. The van der Waals surface area contributed by atoms with Crippen LogP contribution in [0.15, 0.2) is 29.2 Å². The van der Waals surface area contributed by atoms with Gasteiger partial charge in [0.2, 0.25) is 15.9 Å². The lowest BCUT2D eigenvalue weighted by atomic mass is 9.78. The van der Waals surface area contributed by atoms with Crippen molar-refractivity contribution in [3.63, 3.8) is 0 Å². The van der Waals surface area contributed by atoms with Gasteiger partial charge < -0.3 is 15.4 Å². The first-order chi connectivity index (χ1) is 11.8. The molecule has 1 amide bonds. The first-order valence-corrected chi connectivity index (χ1v) is 9.91. The largest absolute Gasteiger partial charge is 0.384 e. The van der Waals surface area contributed by atoms with Crippen LogP contribution in [-0.4, -0.2) is 47.2 Å². The summed E-state index contributed by atoms with van der Waals surface area (Å²) < 4.78 is 32.1. The van der Waals surface area contributed by atoms with Crippen LogP contribution in [0.3, 0.4) is 0 Å². The van der Waals surface area contributed by atoms with Crippen molar-refractivity contribution in [1.29, 1.82) is 0 Å². The molecule has 0 bridgehead atoms. The molecule has 1 saturated heterocycles. The molecule has 7 nitrogen and oxygen atoms in total. The topological polar surface area (TPSA) is 96.5 Å². The molecule has 1 heterocycles. The van der Waals surface area contributed by atoms with Crippen LogP contribution >= 0.6 is 12.4 Å². The maximum absolute atomic E-state index is 12.8. The number of benzene rings is 1. The molecule has 148 valence electrons. The Hall–Kier alpha value is -1.19. The van der Waals surface area contributed by atoms with Crippen LogP contribution in [0, 0.1) is 5.41 Å². The fraction of sp³-hybridized carbons (Fsp3) is 0.588.